The minimum absolute atomic E-state index is 0.0335. The second-order valence-electron chi connectivity index (χ2n) is 7.34. The third-order valence-corrected chi connectivity index (χ3v) is 6.67. The molecule has 1 aliphatic heterocycles. The lowest BCUT2D eigenvalue weighted by atomic mass is 10.0. The summed E-state index contributed by atoms with van der Waals surface area (Å²) < 4.78 is 39.5. The molecule has 2 aromatic rings. The minimum atomic E-state index is -4.03. The first-order chi connectivity index (χ1) is 14.6. The molecule has 1 atom stereocenters. The molecule has 1 amide bonds. The topological polar surface area (TPSA) is 120 Å². The Hall–Kier alpha value is -2.20. The fourth-order valence-corrected chi connectivity index (χ4v) is 4.76. The molecular weight excluding hydrogens is 465 g/mol. The minimum Gasteiger partial charge on any atom is -0.490 e. The van der Waals surface area contributed by atoms with Crippen molar-refractivity contribution in [2.24, 2.45) is 5.92 Å². The highest BCUT2D eigenvalue weighted by molar-refractivity contribution is 7.89. The molecule has 0 saturated carbocycles. The van der Waals surface area contributed by atoms with Crippen molar-refractivity contribution in [3.63, 3.8) is 0 Å². The zero-order chi connectivity index (χ0) is 22.8. The maximum atomic E-state index is 13.0. The van der Waals surface area contributed by atoms with E-state index < -0.39 is 22.0 Å². The van der Waals surface area contributed by atoms with Crippen molar-refractivity contribution in [2.45, 2.75) is 31.2 Å². The van der Waals surface area contributed by atoms with Crippen LogP contribution in [0.5, 0.6) is 11.5 Å². The Morgan fingerprint density at radius 3 is 2.29 bits per heavy atom. The Kier molecular flexibility index (Phi) is 7.20. The lowest BCUT2D eigenvalue weighted by molar-refractivity contribution is -0.118. The fraction of sp³-hybridized carbons (Fsp3) is 0.350. The quantitative estimate of drug-likeness (QED) is 0.534. The molecule has 0 aromatic heterocycles. The summed E-state index contributed by atoms with van der Waals surface area (Å²) in [7, 11) is -4.03. The summed E-state index contributed by atoms with van der Waals surface area (Å²) in [6, 6.07) is 6.16. The molecule has 168 valence electrons. The molecule has 8 nitrogen and oxygen atoms in total. The van der Waals surface area contributed by atoms with Gasteiger partial charge in [0.25, 0.3) is 0 Å². The van der Waals surface area contributed by atoms with E-state index in [1.165, 1.54) is 30.3 Å². The van der Waals surface area contributed by atoms with Crippen LogP contribution in [-0.2, 0) is 14.8 Å². The largest absolute Gasteiger partial charge is 0.490 e. The molecule has 4 N–H and O–H groups in total. The van der Waals surface area contributed by atoms with Gasteiger partial charge >= 0.3 is 0 Å². The van der Waals surface area contributed by atoms with E-state index >= 15 is 0 Å². The van der Waals surface area contributed by atoms with E-state index in [1.54, 1.807) is 13.8 Å². The molecule has 0 bridgehead atoms. The number of nitrogens with two attached hydrogens (primary N) is 1. The van der Waals surface area contributed by atoms with Crippen molar-refractivity contribution in [3.05, 3.63) is 40.4 Å². The van der Waals surface area contributed by atoms with Gasteiger partial charge in [-0.15, -0.1) is 0 Å². The molecule has 1 unspecified atom stereocenters. The van der Waals surface area contributed by atoms with Crippen LogP contribution in [0, 0.1) is 5.92 Å². The second kappa shape index (κ2) is 9.52. The molecule has 0 saturated heterocycles. The lowest BCUT2D eigenvalue weighted by Gasteiger charge is -2.22. The van der Waals surface area contributed by atoms with Gasteiger partial charge in [0.05, 0.1) is 33.8 Å². The number of nitrogens with one attached hydrogen (secondary N) is 2. The maximum absolute atomic E-state index is 13.0. The van der Waals surface area contributed by atoms with Gasteiger partial charge in [0.15, 0.2) is 11.5 Å². The van der Waals surface area contributed by atoms with Gasteiger partial charge in [-0.05, 0) is 30.2 Å². The summed E-state index contributed by atoms with van der Waals surface area (Å²) in [5.74, 6) is -0.0940. The number of halogens is 2. The fourth-order valence-electron chi connectivity index (χ4n) is 2.91. The van der Waals surface area contributed by atoms with Crippen LogP contribution >= 0.6 is 23.2 Å². The number of carbonyl (C=O) groups is 1. The molecule has 0 aliphatic carbocycles. The number of fused-ring (bicyclic) bond motifs is 1. The van der Waals surface area contributed by atoms with Crippen LogP contribution < -0.4 is 25.2 Å². The molecule has 3 rings (SSSR count). The van der Waals surface area contributed by atoms with E-state index in [2.05, 4.69) is 10.0 Å². The van der Waals surface area contributed by atoms with Crippen LogP contribution in [0.4, 0.5) is 11.4 Å². The van der Waals surface area contributed by atoms with Crippen LogP contribution in [0.2, 0.25) is 10.0 Å². The first-order valence-electron chi connectivity index (χ1n) is 9.56. The molecular formula is C20H23Cl2N3O5S. The van der Waals surface area contributed by atoms with Gasteiger partial charge in [-0.25, -0.2) is 8.42 Å². The van der Waals surface area contributed by atoms with Crippen LogP contribution in [0.15, 0.2) is 35.2 Å². The molecule has 31 heavy (non-hydrogen) atoms. The average Bonchev–Trinajstić information content (AvgIpc) is 2.94. The van der Waals surface area contributed by atoms with Crippen LogP contribution in [0.3, 0.4) is 0 Å². The predicted octanol–water partition coefficient (Wildman–Crippen LogP) is 3.68. The van der Waals surface area contributed by atoms with E-state index in [1.807, 2.05) is 0 Å². The van der Waals surface area contributed by atoms with Crippen molar-refractivity contribution >= 4 is 50.5 Å². The van der Waals surface area contributed by atoms with Crippen molar-refractivity contribution in [2.75, 3.05) is 24.3 Å². The van der Waals surface area contributed by atoms with Crippen LogP contribution in [0.25, 0.3) is 0 Å². The Bertz CT molecular complexity index is 1070. The summed E-state index contributed by atoms with van der Waals surface area (Å²) >= 11 is 12.0. The van der Waals surface area contributed by atoms with Crippen LogP contribution in [-0.4, -0.2) is 33.6 Å². The number of anilines is 2. The predicted molar refractivity (Wildman–Crippen MR) is 121 cm³/mol. The number of amides is 1. The molecule has 2 aromatic carbocycles. The summed E-state index contributed by atoms with van der Waals surface area (Å²) in [6.45, 7) is 4.37. The summed E-state index contributed by atoms with van der Waals surface area (Å²) in [5.41, 5.74) is 6.20. The van der Waals surface area contributed by atoms with Crippen LogP contribution in [0.1, 0.15) is 20.3 Å². The molecule has 0 fully saturated rings. The van der Waals surface area contributed by atoms with E-state index in [9.17, 15) is 13.2 Å². The molecule has 11 heteroatoms. The number of carbonyl (C=O) groups excluding carboxylic acids is 1. The number of rotatable bonds is 6. The highest BCUT2D eigenvalue weighted by Gasteiger charge is 2.29. The standard InChI is InChI=1S/C20H23Cl2N3O5S/c1-11(2)19(20(26)24-12-8-14(21)18(23)15(22)9-12)25-31(27,28)13-4-5-16-17(10-13)30-7-3-6-29-16/h4-5,8-11,19,25H,3,6-7,23H2,1-2H3,(H,24,26). The Labute approximate surface area is 191 Å². The van der Waals surface area contributed by atoms with E-state index in [0.29, 0.717) is 36.8 Å². The summed E-state index contributed by atoms with van der Waals surface area (Å²) in [5, 5.41) is 2.98. The van der Waals surface area contributed by atoms with Crippen molar-refractivity contribution < 1.29 is 22.7 Å². The highest BCUT2D eigenvalue weighted by atomic mass is 35.5. The second-order valence-corrected chi connectivity index (χ2v) is 9.87. The van der Waals surface area contributed by atoms with Crippen molar-refractivity contribution in [3.8, 4) is 11.5 Å². The SMILES string of the molecule is CC(C)C(NS(=O)(=O)c1ccc2c(c1)OCCCO2)C(=O)Nc1cc(Cl)c(N)c(Cl)c1. The molecule has 1 heterocycles. The first-order valence-corrected chi connectivity index (χ1v) is 11.8. The van der Waals surface area contributed by atoms with Gasteiger partial charge in [0, 0.05) is 18.2 Å². The smallest absolute Gasteiger partial charge is 0.242 e. The Morgan fingerprint density at radius 2 is 1.68 bits per heavy atom. The number of nitrogen functional groups attached to an aromatic ring is 1. The molecule has 0 spiro atoms. The lowest BCUT2D eigenvalue weighted by Crippen LogP contribution is -2.47. The number of hydrogen-bond acceptors (Lipinski definition) is 6. The zero-order valence-electron chi connectivity index (χ0n) is 16.9. The number of ether oxygens (including phenoxy) is 2. The summed E-state index contributed by atoms with van der Waals surface area (Å²) in [6.07, 6.45) is 0.698. The van der Waals surface area contributed by atoms with E-state index in [0.717, 1.165) is 0 Å². The maximum Gasteiger partial charge on any atom is 0.242 e. The van der Waals surface area contributed by atoms with Gasteiger partial charge in [-0.1, -0.05) is 37.0 Å². The number of sulfonamides is 1. The monoisotopic (exact) mass is 487 g/mol. The molecule has 1 aliphatic rings. The van der Waals surface area contributed by atoms with E-state index in [-0.39, 0.29) is 26.5 Å². The van der Waals surface area contributed by atoms with Gasteiger partial charge < -0.3 is 20.5 Å². The van der Waals surface area contributed by atoms with Crippen molar-refractivity contribution in [1.82, 2.24) is 4.72 Å². The summed E-state index contributed by atoms with van der Waals surface area (Å²) in [4.78, 5) is 12.8. The Morgan fingerprint density at radius 1 is 1.06 bits per heavy atom. The normalized spacial score (nSPS) is 14.7. The van der Waals surface area contributed by atoms with Gasteiger partial charge in [0.2, 0.25) is 15.9 Å². The third-order valence-electron chi connectivity index (χ3n) is 4.61. The van der Waals surface area contributed by atoms with Gasteiger partial charge in [0.1, 0.15) is 6.04 Å². The van der Waals surface area contributed by atoms with Gasteiger partial charge in [-0.2, -0.15) is 4.72 Å². The molecule has 0 radical (unpaired) electrons. The number of benzene rings is 2. The zero-order valence-corrected chi connectivity index (χ0v) is 19.3. The highest BCUT2D eigenvalue weighted by Crippen LogP contribution is 2.33. The van der Waals surface area contributed by atoms with E-state index in [4.69, 9.17) is 38.4 Å². The van der Waals surface area contributed by atoms with Crippen molar-refractivity contribution in [1.29, 1.82) is 0 Å². The number of hydrogen-bond donors (Lipinski definition) is 3. The first kappa shape index (κ1) is 23.5. The van der Waals surface area contributed by atoms with Gasteiger partial charge in [-0.3, -0.25) is 4.79 Å². The third kappa shape index (κ3) is 5.54. The average molecular weight is 488 g/mol. The Balaban J connectivity index is 1.82.